The molecule has 0 aliphatic carbocycles. The summed E-state index contributed by atoms with van der Waals surface area (Å²) >= 11 is 0. The summed E-state index contributed by atoms with van der Waals surface area (Å²) in [5.41, 5.74) is 8.20. The molecule has 0 saturated carbocycles. The number of piperidine rings is 1. The summed E-state index contributed by atoms with van der Waals surface area (Å²) in [6, 6.07) is 6.25. The SMILES string of the molecule is CCOCCOc1cc(C)ccc1CN=C(N)NC1CCN(C(=O)OCC)CC1. The largest absolute Gasteiger partial charge is 0.491 e. The second-order valence-electron chi connectivity index (χ2n) is 6.96. The Bertz CT molecular complexity index is 673. The lowest BCUT2D eigenvalue weighted by molar-refractivity contribution is 0.0963. The van der Waals surface area contributed by atoms with Crippen molar-refractivity contribution in [2.75, 3.05) is 39.5 Å². The third-order valence-electron chi connectivity index (χ3n) is 4.70. The van der Waals surface area contributed by atoms with Gasteiger partial charge in [0.1, 0.15) is 12.4 Å². The average molecular weight is 407 g/mol. The van der Waals surface area contributed by atoms with Gasteiger partial charge in [-0.3, -0.25) is 0 Å². The van der Waals surface area contributed by atoms with Crippen LogP contribution in [0, 0.1) is 6.92 Å². The molecule has 1 fully saturated rings. The van der Waals surface area contributed by atoms with Crippen molar-refractivity contribution < 1.29 is 19.0 Å². The van der Waals surface area contributed by atoms with Gasteiger partial charge in [0, 0.05) is 31.3 Å². The Hall–Kier alpha value is -2.48. The molecule has 2 rings (SSSR count). The molecule has 1 heterocycles. The molecule has 3 N–H and O–H groups in total. The van der Waals surface area contributed by atoms with Crippen LogP contribution in [0.3, 0.4) is 0 Å². The summed E-state index contributed by atoms with van der Waals surface area (Å²) in [4.78, 5) is 18.0. The summed E-state index contributed by atoms with van der Waals surface area (Å²) < 4.78 is 16.2. The Kier molecular flexibility index (Phi) is 9.56. The number of nitrogens with zero attached hydrogens (tertiary/aromatic N) is 2. The van der Waals surface area contributed by atoms with Crippen LogP contribution in [0.15, 0.2) is 23.2 Å². The standard InChI is InChI=1S/C21H34N4O4/c1-4-27-12-13-29-19-14-16(3)6-7-17(19)15-23-20(22)24-18-8-10-25(11-9-18)21(26)28-5-2/h6-7,14,18H,4-5,8-13,15H2,1-3H3,(H3,22,23,24). The molecule has 0 radical (unpaired) electrons. The smallest absolute Gasteiger partial charge is 0.409 e. The minimum absolute atomic E-state index is 0.198. The fraction of sp³-hybridized carbons (Fsp3) is 0.619. The van der Waals surface area contributed by atoms with E-state index in [9.17, 15) is 4.79 Å². The Morgan fingerprint density at radius 1 is 1.24 bits per heavy atom. The normalized spacial score (nSPS) is 15.3. The molecule has 1 aliphatic heterocycles. The maximum Gasteiger partial charge on any atom is 0.409 e. The number of hydrogen-bond donors (Lipinski definition) is 2. The van der Waals surface area contributed by atoms with Gasteiger partial charge in [-0.15, -0.1) is 0 Å². The topological polar surface area (TPSA) is 98.4 Å². The summed E-state index contributed by atoms with van der Waals surface area (Å²) in [5, 5.41) is 3.26. The Labute approximate surface area is 173 Å². The molecule has 8 nitrogen and oxygen atoms in total. The molecule has 0 aromatic heterocycles. The van der Waals surface area contributed by atoms with Crippen LogP contribution in [-0.2, 0) is 16.0 Å². The van der Waals surface area contributed by atoms with Gasteiger partial charge in [-0.2, -0.15) is 0 Å². The van der Waals surface area contributed by atoms with E-state index in [4.69, 9.17) is 19.9 Å². The minimum Gasteiger partial charge on any atom is -0.491 e. The quantitative estimate of drug-likeness (QED) is 0.371. The third-order valence-corrected chi connectivity index (χ3v) is 4.70. The predicted octanol–water partition coefficient (Wildman–Crippen LogP) is 2.44. The first kappa shape index (κ1) is 22.8. The number of rotatable bonds is 9. The summed E-state index contributed by atoms with van der Waals surface area (Å²) in [5.74, 6) is 1.21. The van der Waals surface area contributed by atoms with Crippen molar-refractivity contribution in [3.63, 3.8) is 0 Å². The lowest BCUT2D eigenvalue weighted by atomic mass is 10.1. The molecule has 1 saturated heterocycles. The van der Waals surface area contributed by atoms with Crippen LogP contribution in [0.1, 0.15) is 37.8 Å². The van der Waals surface area contributed by atoms with E-state index in [2.05, 4.69) is 10.3 Å². The van der Waals surface area contributed by atoms with Crippen LogP contribution < -0.4 is 15.8 Å². The Morgan fingerprint density at radius 3 is 2.69 bits per heavy atom. The van der Waals surface area contributed by atoms with Gasteiger partial charge >= 0.3 is 6.09 Å². The molecule has 0 bridgehead atoms. The summed E-state index contributed by atoms with van der Waals surface area (Å²) in [6.45, 7) is 9.67. The zero-order chi connectivity index (χ0) is 21.1. The maximum absolute atomic E-state index is 11.8. The lowest BCUT2D eigenvalue weighted by Gasteiger charge is -2.31. The zero-order valence-corrected chi connectivity index (χ0v) is 17.8. The van der Waals surface area contributed by atoms with Crippen molar-refractivity contribution >= 4 is 12.1 Å². The number of aryl methyl sites for hydroxylation is 1. The molecular formula is C21H34N4O4. The van der Waals surface area contributed by atoms with Crippen molar-refractivity contribution in [3.05, 3.63) is 29.3 Å². The Morgan fingerprint density at radius 2 is 2.00 bits per heavy atom. The van der Waals surface area contributed by atoms with Gasteiger partial charge in [-0.05, 0) is 45.2 Å². The molecule has 0 atom stereocenters. The molecule has 29 heavy (non-hydrogen) atoms. The number of guanidine groups is 1. The first-order chi connectivity index (χ1) is 14.0. The molecule has 1 aliphatic rings. The van der Waals surface area contributed by atoms with E-state index in [1.165, 1.54) is 0 Å². The Balaban J connectivity index is 1.84. The highest BCUT2D eigenvalue weighted by Gasteiger charge is 2.23. The van der Waals surface area contributed by atoms with E-state index in [1.807, 2.05) is 39.0 Å². The monoisotopic (exact) mass is 406 g/mol. The van der Waals surface area contributed by atoms with Crippen molar-refractivity contribution in [1.82, 2.24) is 10.2 Å². The fourth-order valence-corrected chi connectivity index (χ4v) is 3.13. The van der Waals surface area contributed by atoms with Gasteiger partial charge < -0.3 is 30.2 Å². The van der Waals surface area contributed by atoms with Gasteiger partial charge in [0.25, 0.3) is 0 Å². The highest BCUT2D eigenvalue weighted by Crippen LogP contribution is 2.21. The van der Waals surface area contributed by atoms with Crippen molar-refractivity contribution in [2.45, 2.75) is 46.2 Å². The van der Waals surface area contributed by atoms with Gasteiger partial charge in [0.05, 0.1) is 19.8 Å². The molecule has 0 unspecified atom stereocenters. The van der Waals surface area contributed by atoms with Crippen LogP contribution in [-0.4, -0.2) is 62.5 Å². The first-order valence-corrected chi connectivity index (χ1v) is 10.3. The third kappa shape index (κ3) is 7.81. The van der Waals surface area contributed by atoms with Crippen molar-refractivity contribution in [1.29, 1.82) is 0 Å². The van der Waals surface area contributed by atoms with E-state index >= 15 is 0 Å². The van der Waals surface area contributed by atoms with Gasteiger partial charge in [-0.25, -0.2) is 9.79 Å². The molecule has 1 amide bonds. The number of benzene rings is 1. The minimum atomic E-state index is -0.246. The van der Waals surface area contributed by atoms with E-state index in [0.29, 0.717) is 52.0 Å². The number of nitrogens with two attached hydrogens (primary N) is 1. The summed E-state index contributed by atoms with van der Waals surface area (Å²) in [7, 11) is 0. The van der Waals surface area contributed by atoms with Gasteiger partial charge in [0.2, 0.25) is 0 Å². The van der Waals surface area contributed by atoms with Crippen LogP contribution in [0.5, 0.6) is 5.75 Å². The predicted molar refractivity (Wildman–Crippen MR) is 113 cm³/mol. The zero-order valence-electron chi connectivity index (χ0n) is 17.8. The number of ether oxygens (including phenoxy) is 3. The number of aliphatic imine (C=N–C) groups is 1. The lowest BCUT2D eigenvalue weighted by Crippen LogP contribution is -2.48. The van der Waals surface area contributed by atoms with Crippen LogP contribution >= 0.6 is 0 Å². The van der Waals surface area contributed by atoms with Crippen LogP contribution in [0.2, 0.25) is 0 Å². The molecular weight excluding hydrogens is 372 g/mol. The molecule has 0 spiro atoms. The molecule has 8 heteroatoms. The average Bonchev–Trinajstić information content (AvgIpc) is 2.71. The highest BCUT2D eigenvalue weighted by atomic mass is 16.6. The molecule has 162 valence electrons. The summed E-state index contributed by atoms with van der Waals surface area (Å²) in [6.07, 6.45) is 1.38. The first-order valence-electron chi connectivity index (χ1n) is 10.3. The van der Waals surface area contributed by atoms with Crippen molar-refractivity contribution in [2.24, 2.45) is 10.7 Å². The number of likely N-dealkylation sites (tertiary alicyclic amines) is 1. The van der Waals surface area contributed by atoms with E-state index in [0.717, 1.165) is 29.7 Å². The van der Waals surface area contributed by atoms with E-state index in [1.54, 1.807) is 4.90 Å². The van der Waals surface area contributed by atoms with E-state index in [-0.39, 0.29) is 12.1 Å². The number of carbonyl (C=O) groups is 1. The fourth-order valence-electron chi connectivity index (χ4n) is 3.13. The number of nitrogens with one attached hydrogen (secondary N) is 1. The van der Waals surface area contributed by atoms with Crippen molar-refractivity contribution in [3.8, 4) is 5.75 Å². The van der Waals surface area contributed by atoms with E-state index < -0.39 is 0 Å². The number of carbonyl (C=O) groups excluding carboxylic acids is 1. The molecule has 1 aromatic carbocycles. The second-order valence-corrected chi connectivity index (χ2v) is 6.96. The number of hydrogen-bond acceptors (Lipinski definition) is 5. The molecule has 1 aromatic rings. The maximum atomic E-state index is 11.8. The number of amides is 1. The van der Waals surface area contributed by atoms with Gasteiger partial charge in [0.15, 0.2) is 5.96 Å². The van der Waals surface area contributed by atoms with Crippen LogP contribution in [0.4, 0.5) is 4.79 Å². The van der Waals surface area contributed by atoms with Gasteiger partial charge in [-0.1, -0.05) is 12.1 Å². The highest BCUT2D eigenvalue weighted by molar-refractivity contribution is 5.78. The second kappa shape index (κ2) is 12.2. The van der Waals surface area contributed by atoms with Crippen LogP contribution in [0.25, 0.3) is 0 Å².